The van der Waals surface area contributed by atoms with E-state index in [-0.39, 0.29) is 42.8 Å². The summed E-state index contributed by atoms with van der Waals surface area (Å²) in [5, 5.41) is 3.34. The predicted molar refractivity (Wildman–Crippen MR) is 173 cm³/mol. The average molecular weight is 628 g/mol. The number of nitrogens with zero attached hydrogens (tertiary/aromatic N) is 2. The van der Waals surface area contributed by atoms with Gasteiger partial charge in [-0.3, -0.25) is 13.9 Å². The molecule has 10 heteroatoms. The van der Waals surface area contributed by atoms with Gasteiger partial charge in [0.1, 0.15) is 11.8 Å². The van der Waals surface area contributed by atoms with Gasteiger partial charge in [0, 0.05) is 31.5 Å². The van der Waals surface area contributed by atoms with Crippen LogP contribution < -0.4 is 14.4 Å². The lowest BCUT2D eigenvalue weighted by atomic mass is 9.99. The number of aryl methyl sites for hydroxylation is 1. The molecule has 0 bridgehead atoms. The molecule has 2 amide bonds. The molecular weight excluding hydrogens is 586 g/mol. The smallest absolute Gasteiger partial charge is 0.243 e. The number of hydrogen-bond acceptors (Lipinski definition) is 5. The quantitative estimate of drug-likeness (QED) is 0.260. The van der Waals surface area contributed by atoms with E-state index in [9.17, 15) is 18.0 Å². The Balaban J connectivity index is 1.91. The minimum Gasteiger partial charge on any atom is -0.495 e. The Morgan fingerprint density at radius 3 is 2.23 bits per heavy atom. The molecular formula is C33H42ClN3O5S. The molecule has 0 unspecified atom stereocenters. The fraction of sp³-hybridized carbons (Fsp3) is 0.394. The molecule has 0 saturated heterocycles. The molecule has 0 radical (unpaired) electrons. The van der Waals surface area contributed by atoms with Crippen LogP contribution in [0.4, 0.5) is 5.69 Å². The summed E-state index contributed by atoms with van der Waals surface area (Å²) in [6, 6.07) is 21.4. The summed E-state index contributed by atoms with van der Waals surface area (Å²) in [7, 11) is -2.19. The Morgan fingerprint density at radius 1 is 1.00 bits per heavy atom. The highest BCUT2D eigenvalue weighted by molar-refractivity contribution is 7.92. The molecule has 3 aromatic rings. The van der Waals surface area contributed by atoms with Gasteiger partial charge in [-0.15, -0.1) is 0 Å². The second-order valence-electron chi connectivity index (χ2n) is 11.7. The number of ether oxygens (including phenoxy) is 1. The van der Waals surface area contributed by atoms with Crippen LogP contribution in [0.15, 0.2) is 72.8 Å². The van der Waals surface area contributed by atoms with Gasteiger partial charge in [-0.1, -0.05) is 66.2 Å². The lowest BCUT2D eigenvalue weighted by Gasteiger charge is -2.34. The van der Waals surface area contributed by atoms with Crippen LogP contribution in [0.3, 0.4) is 0 Å². The summed E-state index contributed by atoms with van der Waals surface area (Å²) < 4.78 is 31.9. The molecule has 1 N–H and O–H groups in total. The van der Waals surface area contributed by atoms with Crippen LogP contribution in [0.2, 0.25) is 5.02 Å². The van der Waals surface area contributed by atoms with Crippen molar-refractivity contribution in [1.29, 1.82) is 0 Å². The molecule has 0 heterocycles. The van der Waals surface area contributed by atoms with Crippen molar-refractivity contribution >= 4 is 39.1 Å². The van der Waals surface area contributed by atoms with E-state index >= 15 is 0 Å². The topological polar surface area (TPSA) is 96.0 Å². The van der Waals surface area contributed by atoms with Gasteiger partial charge in [-0.2, -0.15) is 0 Å². The van der Waals surface area contributed by atoms with E-state index in [1.165, 1.54) is 17.5 Å². The van der Waals surface area contributed by atoms with Gasteiger partial charge in [0.25, 0.3) is 0 Å². The third kappa shape index (κ3) is 10.0. The van der Waals surface area contributed by atoms with Gasteiger partial charge < -0.3 is 15.0 Å². The summed E-state index contributed by atoms with van der Waals surface area (Å²) in [6.07, 6.45) is 1.72. The Bertz CT molecular complexity index is 1510. The van der Waals surface area contributed by atoms with E-state index in [1.807, 2.05) is 82.3 Å². The average Bonchev–Trinajstić information content (AvgIpc) is 2.92. The minimum absolute atomic E-state index is 0.0376. The molecule has 43 heavy (non-hydrogen) atoms. The van der Waals surface area contributed by atoms with Gasteiger partial charge in [-0.25, -0.2) is 8.42 Å². The first-order valence-electron chi connectivity index (χ1n) is 14.2. The molecule has 8 nitrogen and oxygen atoms in total. The van der Waals surface area contributed by atoms with Gasteiger partial charge in [0.2, 0.25) is 21.8 Å². The van der Waals surface area contributed by atoms with Crippen molar-refractivity contribution in [2.45, 2.75) is 65.1 Å². The van der Waals surface area contributed by atoms with E-state index in [0.717, 1.165) is 22.9 Å². The molecule has 1 atom stereocenters. The first-order valence-corrected chi connectivity index (χ1v) is 16.4. The molecule has 0 aliphatic carbocycles. The van der Waals surface area contributed by atoms with Crippen LogP contribution in [-0.4, -0.2) is 56.6 Å². The van der Waals surface area contributed by atoms with Gasteiger partial charge in [0.05, 0.1) is 24.1 Å². The molecule has 3 aromatic carbocycles. The monoisotopic (exact) mass is 627 g/mol. The van der Waals surface area contributed by atoms with Crippen molar-refractivity contribution in [3.8, 4) is 5.75 Å². The maximum atomic E-state index is 14.0. The summed E-state index contributed by atoms with van der Waals surface area (Å²) in [4.78, 5) is 29.4. The van der Waals surface area contributed by atoms with Crippen LogP contribution in [0.1, 0.15) is 50.3 Å². The predicted octanol–water partition coefficient (Wildman–Crippen LogP) is 5.76. The minimum atomic E-state index is -3.67. The fourth-order valence-electron chi connectivity index (χ4n) is 4.79. The zero-order chi connectivity index (χ0) is 31.8. The largest absolute Gasteiger partial charge is 0.495 e. The zero-order valence-corrected chi connectivity index (χ0v) is 27.3. The summed E-state index contributed by atoms with van der Waals surface area (Å²) >= 11 is 6.27. The highest BCUT2D eigenvalue weighted by atomic mass is 35.5. The molecule has 0 aromatic heterocycles. The van der Waals surface area contributed by atoms with Crippen LogP contribution >= 0.6 is 11.6 Å². The van der Waals surface area contributed by atoms with E-state index in [0.29, 0.717) is 17.9 Å². The molecule has 232 valence electrons. The van der Waals surface area contributed by atoms with Gasteiger partial charge in [0.15, 0.2) is 0 Å². The number of amides is 2. The number of rotatable bonds is 13. The number of carbonyl (C=O) groups excluding carboxylic acids is 2. The number of sulfonamides is 1. The lowest BCUT2D eigenvalue weighted by Crippen LogP contribution is -2.54. The van der Waals surface area contributed by atoms with Crippen molar-refractivity contribution < 1.29 is 22.7 Å². The number of carbonyl (C=O) groups is 2. The second kappa shape index (κ2) is 14.8. The summed E-state index contributed by atoms with van der Waals surface area (Å²) in [5.74, 6) is -0.0581. The molecule has 0 aliphatic rings. The Morgan fingerprint density at radius 2 is 1.65 bits per heavy atom. The first kappa shape index (κ1) is 33.9. The fourth-order valence-corrected chi connectivity index (χ4v) is 6.00. The van der Waals surface area contributed by atoms with Gasteiger partial charge in [-0.05, 0) is 69.0 Å². The number of hydrogen-bond donors (Lipinski definition) is 1. The molecule has 0 saturated carbocycles. The Labute approximate surface area is 261 Å². The van der Waals surface area contributed by atoms with E-state index in [4.69, 9.17) is 16.3 Å². The summed E-state index contributed by atoms with van der Waals surface area (Å²) in [5.41, 5.74) is 2.75. The van der Waals surface area contributed by atoms with Crippen LogP contribution in [0.25, 0.3) is 0 Å². The molecule has 0 fully saturated rings. The van der Waals surface area contributed by atoms with Crippen molar-refractivity contribution in [2.24, 2.45) is 0 Å². The SMILES string of the molecule is COc1ccc(N(CCCC(=O)N(Cc2ccccc2C)[C@H](Cc2ccccc2)C(=O)NC(C)(C)C)S(C)(=O)=O)cc1Cl. The molecule has 0 spiro atoms. The molecule has 0 aliphatic heterocycles. The maximum absolute atomic E-state index is 14.0. The molecule has 3 rings (SSSR count). The highest BCUT2D eigenvalue weighted by Gasteiger charge is 2.32. The lowest BCUT2D eigenvalue weighted by molar-refractivity contribution is -0.142. The number of methoxy groups -OCH3 is 1. The maximum Gasteiger partial charge on any atom is 0.243 e. The number of halogens is 1. The zero-order valence-electron chi connectivity index (χ0n) is 25.8. The normalized spacial score (nSPS) is 12.3. The van der Waals surface area contributed by atoms with Crippen LogP contribution in [0, 0.1) is 6.92 Å². The van der Waals surface area contributed by atoms with E-state index < -0.39 is 21.6 Å². The van der Waals surface area contributed by atoms with Gasteiger partial charge >= 0.3 is 0 Å². The third-order valence-corrected chi connectivity index (χ3v) is 8.44. The second-order valence-corrected chi connectivity index (χ2v) is 14.0. The van der Waals surface area contributed by atoms with Crippen LogP contribution in [0.5, 0.6) is 5.75 Å². The van der Waals surface area contributed by atoms with Crippen molar-refractivity contribution in [3.05, 3.63) is 94.5 Å². The number of nitrogens with one attached hydrogen (secondary N) is 1. The number of anilines is 1. The Hall–Kier alpha value is -3.56. The van der Waals surface area contributed by atoms with E-state index in [2.05, 4.69) is 5.32 Å². The van der Waals surface area contributed by atoms with Crippen molar-refractivity contribution in [1.82, 2.24) is 10.2 Å². The summed E-state index contributed by atoms with van der Waals surface area (Å²) in [6.45, 7) is 7.99. The highest BCUT2D eigenvalue weighted by Crippen LogP contribution is 2.30. The van der Waals surface area contributed by atoms with Crippen LogP contribution in [-0.2, 0) is 32.6 Å². The van der Waals surface area contributed by atoms with Crippen molar-refractivity contribution in [2.75, 3.05) is 24.2 Å². The standard InChI is InChI=1S/C33H42ClN3O5S/c1-24-13-10-11-16-26(24)23-36(29(32(39)35-33(2,3)4)21-25-14-8-7-9-15-25)31(38)17-12-20-37(43(6,40)41)27-18-19-30(42-5)28(34)22-27/h7-11,13-16,18-19,22,29H,12,17,20-21,23H2,1-6H3,(H,35,39)/t29-/m1/s1. The van der Waals surface area contributed by atoms with Crippen molar-refractivity contribution in [3.63, 3.8) is 0 Å². The third-order valence-electron chi connectivity index (χ3n) is 6.95. The van der Waals surface area contributed by atoms with E-state index in [1.54, 1.807) is 17.0 Å². The Kier molecular flexibility index (Phi) is 11.6. The first-order chi connectivity index (χ1) is 20.2. The number of benzene rings is 3.